The first-order valence-electron chi connectivity index (χ1n) is 7.15. The molecule has 0 radical (unpaired) electrons. The zero-order valence-electron chi connectivity index (χ0n) is 11.3. The number of fused-ring (bicyclic) bond motifs is 1. The number of hydrogen-bond donors (Lipinski definition) is 2. The van der Waals surface area contributed by atoms with Gasteiger partial charge in [0.25, 0.3) is 0 Å². The Hall–Kier alpha value is -2.04. The molecule has 0 aliphatic heterocycles. The van der Waals surface area contributed by atoms with Gasteiger partial charge in [0.05, 0.1) is 16.6 Å². The summed E-state index contributed by atoms with van der Waals surface area (Å²) in [5.74, 6) is -1.01. The van der Waals surface area contributed by atoms with Crippen LogP contribution in [0, 0.1) is 0 Å². The minimum Gasteiger partial charge on any atom is -0.478 e. The maximum Gasteiger partial charge on any atom is 0.337 e. The predicted octanol–water partition coefficient (Wildman–Crippen LogP) is 2.92. The summed E-state index contributed by atoms with van der Waals surface area (Å²) in [6.45, 7) is 0. The number of benzene rings is 1. The number of carboxylic acid groups (broad SMARTS) is 1. The maximum absolute atomic E-state index is 12.2. The standard InChI is InChI=1S/C15H18N2O3/c18-14(19)11-8-5-9-12-13(11)16-15(20)17(12)10-6-3-1-2-4-7-10/h5,8-10H,1-4,6-7H2,(H,16,20)(H,18,19). The van der Waals surface area contributed by atoms with Crippen LogP contribution in [0.5, 0.6) is 0 Å². The Morgan fingerprint density at radius 1 is 1.20 bits per heavy atom. The molecule has 2 aromatic rings. The Morgan fingerprint density at radius 3 is 2.55 bits per heavy atom. The van der Waals surface area contributed by atoms with Crippen LogP contribution in [0.15, 0.2) is 23.0 Å². The number of rotatable bonds is 2. The fraction of sp³-hybridized carbons (Fsp3) is 0.467. The van der Waals surface area contributed by atoms with Gasteiger partial charge in [0.1, 0.15) is 0 Å². The number of hydrogen-bond acceptors (Lipinski definition) is 2. The second-order valence-electron chi connectivity index (χ2n) is 5.45. The van der Waals surface area contributed by atoms with Crippen molar-refractivity contribution in [1.29, 1.82) is 0 Å². The lowest BCUT2D eigenvalue weighted by molar-refractivity contribution is 0.0699. The van der Waals surface area contributed by atoms with Crippen LogP contribution in [0.2, 0.25) is 0 Å². The van der Waals surface area contributed by atoms with E-state index in [1.165, 1.54) is 18.9 Å². The molecule has 1 aromatic heterocycles. The van der Waals surface area contributed by atoms with Crippen molar-refractivity contribution in [3.63, 3.8) is 0 Å². The third-order valence-electron chi connectivity index (χ3n) is 4.17. The second-order valence-corrected chi connectivity index (χ2v) is 5.45. The van der Waals surface area contributed by atoms with Crippen LogP contribution in [0.1, 0.15) is 54.9 Å². The SMILES string of the molecule is O=C(O)c1cccc2c1[nH]c(=O)n2C1CCCCCC1. The number of aromatic amines is 1. The van der Waals surface area contributed by atoms with E-state index < -0.39 is 5.97 Å². The molecule has 20 heavy (non-hydrogen) atoms. The smallest absolute Gasteiger partial charge is 0.337 e. The molecule has 0 unspecified atom stereocenters. The van der Waals surface area contributed by atoms with Crippen LogP contribution in [-0.4, -0.2) is 20.6 Å². The molecule has 5 heteroatoms. The van der Waals surface area contributed by atoms with Gasteiger partial charge in [-0.3, -0.25) is 4.57 Å². The summed E-state index contributed by atoms with van der Waals surface area (Å²) in [5, 5.41) is 9.21. The van der Waals surface area contributed by atoms with E-state index in [-0.39, 0.29) is 17.3 Å². The number of para-hydroxylation sites is 1. The lowest BCUT2D eigenvalue weighted by Crippen LogP contribution is -2.21. The number of nitrogens with zero attached hydrogens (tertiary/aromatic N) is 1. The molecule has 0 bridgehead atoms. The molecule has 1 heterocycles. The summed E-state index contributed by atoms with van der Waals surface area (Å²) in [7, 11) is 0. The Labute approximate surface area is 116 Å². The molecule has 1 aliphatic rings. The average molecular weight is 274 g/mol. The molecular formula is C15H18N2O3. The first-order valence-corrected chi connectivity index (χ1v) is 7.15. The lowest BCUT2D eigenvalue weighted by Gasteiger charge is -2.16. The molecular weight excluding hydrogens is 256 g/mol. The highest BCUT2D eigenvalue weighted by atomic mass is 16.4. The highest BCUT2D eigenvalue weighted by molar-refractivity contribution is 6.00. The molecule has 3 rings (SSSR count). The molecule has 0 amide bonds. The minimum atomic E-state index is -1.01. The van der Waals surface area contributed by atoms with Crippen LogP contribution < -0.4 is 5.69 Å². The van der Waals surface area contributed by atoms with Crippen LogP contribution >= 0.6 is 0 Å². The van der Waals surface area contributed by atoms with Gasteiger partial charge < -0.3 is 10.1 Å². The fourth-order valence-corrected chi connectivity index (χ4v) is 3.21. The highest BCUT2D eigenvalue weighted by Crippen LogP contribution is 2.29. The predicted molar refractivity (Wildman–Crippen MR) is 76.3 cm³/mol. The summed E-state index contributed by atoms with van der Waals surface area (Å²) in [5.41, 5.74) is 1.11. The maximum atomic E-state index is 12.2. The van der Waals surface area contributed by atoms with Crippen molar-refractivity contribution >= 4 is 17.0 Å². The van der Waals surface area contributed by atoms with E-state index in [2.05, 4.69) is 4.98 Å². The van der Waals surface area contributed by atoms with Crippen LogP contribution in [0.25, 0.3) is 11.0 Å². The molecule has 1 fully saturated rings. The summed E-state index contributed by atoms with van der Waals surface area (Å²) in [6.07, 6.45) is 6.67. The molecule has 5 nitrogen and oxygen atoms in total. The van der Waals surface area contributed by atoms with E-state index in [0.29, 0.717) is 11.0 Å². The van der Waals surface area contributed by atoms with E-state index >= 15 is 0 Å². The molecule has 0 spiro atoms. The van der Waals surface area contributed by atoms with Crippen molar-refractivity contribution in [2.24, 2.45) is 0 Å². The van der Waals surface area contributed by atoms with Gasteiger partial charge in [-0.1, -0.05) is 31.7 Å². The Morgan fingerprint density at radius 2 is 1.90 bits per heavy atom. The van der Waals surface area contributed by atoms with E-state index in [4.69, 9.17) is 0 Å². The van der Waals surface area contributed by atoms with Gasteiger partial charge in [0.15, 0.2) is 0 Å². The Kier molecular flexibility index (Phi) is 3.34. The average Bonchev–Trinajstić information content (AvgIpc) is 2.62. The number of H-pyrrole nitrogens is 1. The third kappa shape index (κ3) is 2.13. The monoisotopic (exact) mass is 274 g/mol. The number of aromatic nitrogens is 2. The van der Waals surface area contributed by atoms with Gasteiger partial charge in [0.2, 0.25) is 0 Å². The molecule has 1 aromatic carbocycles. The molecule has 106 valence electrons. The molecule has 0 atom stereocenters. The number of carboxylic acids is 1. The third-order valence-corrected chi connectivity index (χ3v) is 4.17. The largest absolute Gasteiger partial charge is 0.478 e. The summed E-state index contributed by atoms with van der Waals surface area (Å²) in [6, 6.07) is 5.23. The van der Waals surface area contributed by atoms with Crippen molar-refractivity contribution in [2.45, 2.75) is 44.6 Å². The van der Waals surface area contributed by atoms with E-state index in [9.17, 15) is 14.7 Å². The Bertz CT molecular complexity index is 691. The molecule has 1 saturated carbocycles. The lowest BCUT2D eigenvalue weighted by atomic mass is 10.1. The number of nitrogens with one attached hydrogen (secondary N) is 1. The van der Waals surface area contributed by atoms with E-state index in [0.717, 1.165) is 25.7 Å². The Balaban J connectivity index is 2.15. The van der Waals surface area contributed by atoms with Gasteiger partial charge >= 0.3 is 11.7 Å². The van der Waals surface area contributed by atoms with Gasteiger partial charge in [-0.15, -0.1) is 0 Å². The van der Waals surface area contributed by atoms with Crippen LogP contribution in [0.3, 0.4) is 0 Å². The van der Waals surface area contributed by atoms with E-state index in [1.54, 1.807) is 10.6 Å². The van der Waals surface area contributed by atoms with Gasteiger partial charge in [0, 0.05) is 6.04 Å². The number of imidazole rings is 1. The van der Waals surface area contributed by atoms with Crippen molar-refractivity contribution in [3.05, 3.63) is 34.2 Å². The van der Waals surface area contributed by atoms with Crippen LogP contribution in [0.4, 0.5) is 0 Å². The zero-order chi connectivity index (χ0) is 14.1. The number of aromatic carboxylic acids is 1. The summed E-state index contributed by atoms with van der Waals surface area (Å²) < 4.78 is 1.76. The van der Waals surface area contributed by atoms with Crippen molar-refractivity contribution in [2.75, 3.05) is 0 Å². The fourth-order valence-electron chi connectivity index (χ4n) is 3.21. The van der Waals surface area contributed by atoms with Gasteiger partial charge in [-0.05, 0) is 25.0 Å². The molecule has 1 aliphatic carbocycles. The summed E-state index contributed by atoms with van der Waals surface area (Å²) >= 11 is 0. The van der Waals surface area contributed by atoms with Crippen molar-refractivity contribution in [1.82, 2.24) is 9.55 Å². The highest BCUT2D eigenvalue weighted by Gasteiger charge is 2.21. The second kappa shape index (κ2) is 5.15. The normalized spacial score (nSPS) is 17.2. The molecule has 0 saturated heterocycles. The van der Waals surface area contributed by atoms with Gasteiger partial charge in [-0.2, -0.15) is 0 Å². The van der Waals surface area contributed by atoms with Crippen molar-refractivity contribution in [3.8, 4) is 0 Å². The topological polar surface area (TPSA) is 75.1 Å². The number of carbonyl (C=O) groups is 1. The first kappa shape index (κ1) is 13.0. The first-order chi connectivity index (χ1) is 9.68. The van der Waals surface area contributed by atoms with E-state index in [1.807, 2.05) is 6.07 Å². The van der Waals surface area contributed by atoms with Gasteiger partial charge in [-0.25, -0.2) is 9.59 Å². The van der Waals surface area contributed by atoms with Crippen LogP contribution in [-0.2, 0) is 0 Å². The quantitative estimate of drug-likeness (QED) is 0.827. The van der Waals surface area contributed by atoms with Crippen molar-refractivity contribution < 1.29 is 9.90 Å². The minimum absolute atomic E-state index is 0.159. The molecule has 2 N–H and O–H groups in total. The zero-order valence-corrected chi connectivity index (χ0v) is 11.3. The summed E-state index contributed by atoms with van der Waals surface area (Å²) in [4.78, 5) is 26.2.